The van der Waals surface area contributed by atoms with Gasteiger partial charge in [0.25, 0.3) is 10.0 Å². The largest absolute Gasteiger partial charge is 0.326 e. The summed E-state index contributed by atoms with van der Waals surface area (Å²) in [5, 5.41) is 2.58. The molecule has 22 heavy (non-hydrogen) atoms. The van der Waals surface area contributed by atoms with Crippen molar-refractivity contribution in [2.75, 3.05) is 10.0 Å². The lowest BCUT2D eigenvalue weighted by Gasteiger charge is -2.09. The Kier molecular flexibility index (Phi) is 4.77. The molecule has 0 saturated heterocycles. The van der Waals surface area contributed by atoms with E-state index in [0.29, 0.717) is 5.69 Å². The van der Waals surface area contributed by atoms with E-state index in [1.54, 1.807) is 12.1 Å². The standard InChI is InChI=1S/C15H17N3O3S/c1-3-12-5-4-6-15(17-12)18-22(20,21)14-9-7-13(8-10-14)16-11(2)19/h4-10H,3H2,1-2H3,(H,16,19)(H,17,18). The predicted octanol–water partition coefficient (Wildman–Crippen LogP) is 2.40. The van der Waals surface area contributed by atoms with Crippen molar-refractivity contribution in [3.8, 4) is 0 Å². The summed E-state index contributed by atoms with van der Waals surface area (Å²) >= 11 is 0. The molecule has 2 N–H and O–H groups in total. The molecule has 1 amide bonds. The summed E-state index contributed by atoms with van der Waals surface area (Å²) in [6.07, 6.45) is 0.723. The van der Waals surface area contributed by atoms with Crippen LogP contribution in [-0.4, -0.2) is 19.3 Å². The Morgan fingerprint density at radius 3 is 2.41 bits per heavy atom. The van der Waals surface area contributed by atoms with Crippen LogP contribution in [-0.2, 0) is 21.2 Å². The van der Waals surface area contributed by atoms with E-state index in [-0.39, 0.29) is 16.6 Å². The topological polar surface area (TPSA) is 88.2 Å². The van der Waals surface area contributed by atoms with E-state index >= 15 is 0 Å². The first-order valence-electron chi connectivity index (χ1n) is 6.77. The van der Waals surface area contributed by atoms with Gasteiger partial charge < -0.3 is 5.32 Å². The van der Waals surface area contributed by atoms with Crippen molar-refractivity contribution < 1.29 is 13.2 Å². The molecule has 0 bridgehead atoms. The molecule has 0 radical (unpaired) electrons. The van der Waals surface area contributed by atoms with Gasteiger partial charge in [-0.2, -0.15) is 0 Å². The fourth-order valence-electron chi connectivity index (χ4n) is 1.85. The van der Waals surface area contributed by atoms with Crippen LogP contribution in [0.2, 0.25) is 0 Å². The molecule has 0 fully saturated rings. The van der Waals surface area contributed by atoms with Crippen LogP contribution in [0.5, 0.6) is 0 Å². The van der Waals surface area contributed by atoms with Crippen LogP contribution in [0.1, 0.15) is 19.5 Å². The number of nitrogens with zero attached hydrogens (tertiary/aromatic N) is 1. The second-order valence-corrected chi connectivity index (χ2v) is 6.36. The number of nitrogens with one attached hydrogen (secondary N) is 2. The van der Waals surface area contributed by atoms with Gasteiger partial charge in [0.15, 0.2) is 0 Å². The molecule has 0 atom stereocenters. The number of aromatic nitrogens is 1. The van der Waals surface area contributed by atoms with Crippen LogP contribution in [0.4, 0.5) is 11.5 Å². The van der Waals surface area contributed by atoms with Crippen molar-refractivity contribution in [2.24, 2.45) is 0 Å². The third-order valence-corrected chi connectivity index (χ3v) is 4.26. The van der Waals surface area contributed by atoms with E-state index in [1.165, 1.54) is 31.2 Å². The quantitative estimate of drug-likeness (QED) is 0.886. The second-order valence-electron chi connectivity index (χ2n) is 4.68. The highest BCUT2D eigenvalue weighted by atomic mass is 32.2. The molecular formula is C15H17N3O3S. The molecule has 7 heteroatoms. The number of hydrogen-bond acceptors (Lipinski definition) is 4. The van der Waals surface area contributed by atoms with E-state index < -0.39 is 10.0 Å². The van der Waals surface area contributed by atoms with E-state index in [0.717, 1.165) is 12.1 Å². The fourth-order valence-corrected chi connectivity index (χ4v) is 2.85. The van der Waals surface area contributed by atoms with Gasteiger partial charge in [0, 0.05) is 18.3 Å². The number of carbonyl (C=O) groups excluding carboxylic acids is 1. The highest BCUT2D eigenvalue weighted by molar-refractivity contribution is 7.92. The summed E-state index contributed by atoms with van der Waals surface area (Å²) in [6.45, 7) is 3.33. The Balaban J connectivity index is 2.20. The molecular weight excluding hydrogens is 302 g/mol. The number of amides is 1. The van der Waals surface area contributed by atoms with Gasteiger partial charge in [0.05, 0.1) is 4.90 Å². The molecule has 0 saturated carbocycles. The Morgan fingerprint density at radius 1 is 1.14 bits per heavy atom. The van der Waals surface area contributed by atoms with E-state index in [9.17, 15) is 13.2 Å². The highest BCUT2D eigenvalue weighted by Gasteiger charge is 2.15. The maximum absolute atomic E-state index is 12.3. The maximum Gasteiger partial charge on any atom is 0.263 e. The van der Waals surface area contributed by atoms with Crippen molar-refractivity contribution in [2.45, 2.75) is 25.2 Å². The number of aryl methyl sites for hydroxylation is 1. The van der Waals surface area contributed by atoms with Crippen LogP contribution in [0.25, 0.3) is 0 Å². The third-order valence-electron chi connectivity index (χ3n) is 2.89. The molecule has 1 aromatic heterocycles. The van der Waals surface area contributed by atoms with Crippen LogP contribution < -0.4 is 10.0 Å². The van der Waals surface area contributed by atoms with Crippen molar-refractivity contribution in [1.29, 1.82) is 0 Å². The normalized spacial score (nSPS) is 11.0. The summed E-state index contributed by atoms with van der Waals surface area (Å²) < 4.78 is 27.0. The van der Waals surface area contributed by atoms with Gasteiger partial charge in [0.2, 0.25) is 5.91 Å². The third kappa shape index (κ3) is 4.05. The smallest absolute Gasteiger partial charge is 0.263 e. The number of carbonyl (C=O) groups is 1. The number of sulfonamides is 1. The van der Waals surface area contributed by atoms with Crippen LogP contribution in [0.3, 0.4) is 0 Å². The zero-order valence-electron chi connectivity index (χ0n) is 12.3. The number of rotatable bonds is 5. The number of hydrogen-bond donors (Lipinski definition) is 2. The van der Waals surface area contributed by atoms with Gasteiger partial charge in [-0.1, -0.05) is 13.0 Å². The Hall–Kier alpha value is -2.41. The van der Waals surface area contributed by atoms with Crippen molar-refractivity contribution in [3.63, 3.8) is 0 Å². The van der Waals surface area contributed by atoms with Gasteiger partial charge in [-0.3, -0.25) is 9.52 Å². The Bertz CT molecular complexity index is 771. The van der Waals surface area contributed by atoms with Crippen molar-refractivity contribution in [3.05, 3.63) is 48.2 Å². The second kappa shape index (κ2) is 6.57. The molecule has 1 aromatic carbocycles. The summed E-state index contributed by atoms with van der Waals surface area (Å²) in [7, 11) is -3.71. The van der Waals surface area contributed by atoms with Gasteiger partial charge >= 0.3 is 0 Å². The first-order valence-corrected chi connectivity index (χ1v) is 8.25. The molecule has 6 nitrogen and oxygen atoms in total. The van der Waals surface area contributed by atoms with E-state index in [2.05, 4.69) is 15.0 Å². The lowest BCUT2D eigenvalue weighted by molar-refractivity contribution is -0.114. The number of anilines is 2. The average molecular weight is 319 g/mol. The average Bonchev–Trinajstić information content (AvgIpc) is 2.47. The molecule has 0 aliphatic carbocycles. The molecule has 116 valence electrons. The molecule has 2 rings (SSSR count). The summed E-state index contributed by atoms with van der Waals surface area (Å²) in [5.74, 6) is 0.0691. The zero-order valence-corrected chi connectivity index (χ0v) is 13.1. The van der Waals surface area contributed by atoms with Crippen molar-refractivity contribution in [1.82, 2.24) is 4.98 Å². The lowest BCUT2D eigenvalue weighted by atomic mass is 10.3. The van der Waals surface area contributed by atoms with Crippen LogP contribution >= 0.6 is 0 Å². The maximum atomic E-state index is 12.3. The summed E-state index contributed by atoms with van der Waals surface area (Å²) in [4.78, 5) is 15.3. The first-order chi connectivity index (χ1) is 10.4. The molecule has 0 spiro atoms. The first kappa shape index (κ1) is 16.0. The van der Waals surface area contributed by atoms with E-state index in [4.69, 9.17) is 0 Å². The Morgan fingerprint density at radius 2 is 1.82 bits per heavy atom. The zero-order chi connectivity index (χ0) is 16.2. The number of benzene rings is 1. The highest BCUT2D eigenvalue weighted by Crippen LogP contribution is 2.17. The van der Waals surface area contributed by atoms with Gasteiger partial charge in [-0.25, -0.2) is 13.4 Å². The van der Waals surface area contributed by atoms with Crippen molar-refractivity contribution >= 4 is 27.4 Å². The predicted molar refractivity (Wildman–Crippen MR) is 85.2 cm³/mol. The van der Waals surface area contributed by atoms with E-state index in [1.807, 2.05) is 13.0 Å². The molecule has 2 aromatic rings. The molecule has 0 aliphatic rings. The van der Waals surface area contributed by atoms with Gasteiger partial charge in [-0.15, -0.1) is 0 Å². The molecule has 0 unspecified atom stereocenters. The Labute approximate surface area is 129 Å². The summed E-state index contributed by atoms with van der Waals surface area (Å²) in [6, 6.07) is 11.1. The minimum absolute atomic E-state index is 0.102. The van der Waals surface area contributed by atoms with Crippen LogP contribution in [0.15, 0.2) is 47.4 Å². The fraction of sp³-hybridized carbons (Fsp3) is 0.200. The SMILES string of the molecule is CCc1cccc(NS(=O)(=O)c2ccc(NC(C)=O)cc2)n1. The minimum Gasteiger partial charge on any atom is -0.326 e. The molecule has 1 heterocycles. The molecule has 0 aliphatic heterocycles. The van der Waals surface area contributed by atoms with Crippen LogP contribution in [0, 0.1) is 0 Å². The number of pyridine rings is 1. The minimum atomic E-state index is -3.71. The summed E-state index contributed by atoms with van der Waals surface area (Å²) in [5.41, 5.74) is 1.35. The van der Waals surface area contributed by atoms with Gasteiger partial charge in [0.1, 0.15) is 5.82 Å². The van der Waals surface area contributed by atoms with Gasteiger partial charge in [-0.05, 0) is 42.8 Å². The lowest BCUT2D eigenvalue weighted by Crippen LogP contribution is -2.14. The monoisotopic (exact) mass is 319 g/mol.